The lowest BCUT2D eigenvalue weighted by atomic mass is 10.0. The van der Waals surface area contributed by atoms with Crippen LogP contribution in [0.15, 0.2) is 24.3 Å². The Morgan fingerprint density at radius 2 is 1.95 bits per heavy atom. The van der Waals surface area contributed by atoms with Gasteiger partial charge in [0, 0.05) is 35.7 Å². The molecule has 0 radical (unpaired) electrons. The van der Waals surface area contributed by atoms with E-state index in [9.17, 15) is 0 Å². The molecule has 4 heteroatoms. The van der Waals surface area contributed by atoms with Crippen LogP contribution in [0.25, 0.3) is 11.3 Å². The van der Waals surface area contributed by atoms with E-state index in [1.165, 1.54) is 22.5 Å². The van der Waals surface area contributed by atoms with Crippen molar-refractivity contribution in [1.82, 2.24) is 15.1 Å². The maximum absolute atomic E-state index is 6.01. The predicted octanol–water partition coefficient (Wildman–Crippen LogP) is 3.30. The van der Waals surface area contributed by atoms with Crippen LogP contribution >= 0.6 is 11.6 Å². The van der Waals surface area contributed by atoms with Gasteiger partial charge in [0.2, 0.25) is 0 Å². The highest BCUT2D eigenvalue weighted by molar-refractivity contribution is 6.30. The van der Waals surface area contributed by atoms with Gasteiger partial charge in [0.15, 0.2) is 0 Å². The first-order chi connectivity index (χ1) is 9.79. The molecule has 3 rings (SSSR count). The molecule has 0 amide bonds. The van der Waals surface area contributed by atoms with Gasteiger partial charge in [0.25, 0.3) is 0 Å². The summed E-state index contributed by atoms with van der Waals surface area (Å²) in [6.07, 6.45) is 3.17. The van der Waals surface area contributed by atoms with Crippen LogP contribution in [0.5, 0.6) is 0 Å². The number of halogens is 1. The van der Waals surface area contributed by atoms with Crippen molar-refractivity contribution < 1.29 is 0 Å². The molecule has 2 aromatic rings. The van der Waals surface area contributed by atoms with Crippen LogP contribution in [0, 0.1) is 0 Å². The highest BCUT2D eigenvalue weighted by Gasteiger charge is 2.20. The number of rotatable bonds is 3. The maximum atomic E-state index is 6.01. The molecule has 2 heterocycles. The number of hydrogen-bond donors (Lipinski definition) is 1. The van der Waals surface area contributed by atoms with Crippen LogP contribution in [0.4, 0.5) is 0 Å². The molecule has 20 heavy (non-hydrogen) atoms. The first kappa shape index (κ1) is 13.7. The summed E-state index contributed by atoms with van der Waals surface area (Å²) in [7, 11) is 0. The van der Waals surface area contributed by atoms with Crippen molar-refractivity contribution in [1.29, 1.82) is 0 Å². The smallest absolute Gasteiger partial charge is 0.0717 e. The lowest BCUT2D eigenvalue weighted by Crippen LogP contribution is -2.17. The molecule has 3 nitrogen and oxygen atoms in total. The van der Waals surface area contributed by atoms with Crippen molar-refractivity contribution in [3.8, 4) is 11.3 Å². The summed E-state index contributed by atoms with van der Waals surface area (Å²) in [4.78, 5) is 0. The zero-order chi connectivity index (χ0) is 13.9. The maximum Gasteiger partial charge on any atom is 0.0717 e. The number of aromatic nitrogens is 2. The van der Waals surface area contributed by atoms with Gasteiger partial charge < -0.3 is 5.32 Å². The molecule has 0 atom stereocenters. The van der Waals surface area contributed by atoms with E-state index in [2.05, 4.69) is 29.1 Å². The van der Waals surface area contributed by atoms with Crippen molar-refractivity contribution in [2.24, 2.45) is 0 Å². The predicted molar refractivity (Wildman–Crippen MR) is 83.2 cm³/mol. The summed E-state index contributed by atoms with van der Waals surface area (Å²) in [5.41, 5.74) is 5.17. The Bertz CT molecular complexity index is 587. The van der Waals surface area contributed by atoms with E-state index in [0.717, 1.165) is 43.9 Å². The highest BCUT2D eigenvalue weighted by atomic mass is 35.5. The molecule has 0 bridgehead atoms. The van der Waals surface area contributed by atoms with Gasteiger partial charge in [-0.1, -0.05) is 30.7 Å². The third-order valence-corrected chi connectivity index (χ3v) is 4.03. The second-order valence-corrected chi connectivity index (χ2v) is 5.69. The van der Waals surface area contributed by atoms with Crippen molar-refractivity contribution in [2.45, 2.75) is 32.7 Å². The van der Waals surface area contributed by atoms with Gasteiger partial charge in [-0.05, 0) is 31.5 Å². The molecule has 1 aliphatic heterocycles. The molecule has 1 aromatic carbocycles. The summed E-state index contributed by atoms with van der Waals surface area (Å²) in [6, 6.07) is 8.12. The fourth-order valence-electron chi connectivity index (χ4n) is 2.86. The Morgan fingerprint density at radius 1 is 1.20 bits per heavy atom. The largest absolute Gasteiger partial charge is 0.316 e. The van der Waals surface area contributed by atoms with E-state index in [-0.39, 0.29) is 0 Å². The minimum absolute atomic E-state index is 0.781. The summed E-state index contributed by atoms with van der Waals surface area (Å²) in [6.45, 7) is 5.22. The zero-order valence-electron chi connectivity index (χ0n) is 11.8. The van der Waals surface area contributed by atoms with Gasteiger partial charge in [0.05, 0.1) is 11.4 Å². The molecular weight excluding hydrogens is 270 g/mol. The SMILES string of the molecule is CCCn1nc2c(c1-c1ccc(Cl)cc1)CCNCC2. The summed E-state index contributed by atoms with van der Waals surface area (Å²) in [5.74, 6) is 0. The fraction of sp³-hybridized carbons (Fsp3) is 0.438. The van der Waals surface area contributed by atoms with E-state index < -0.39 is 0 Å². The van der Waals surface area contributed by atoms with Crippen LogP contribution in [-0.4, -0.2) is 22.9 Å². The lowest BCUT2D eigenvalue weighted by Gasteiger charge is -2.09. The molecule has 0 saturated heterocycles. The van der Waals surface area contributed by atoms with Gasteiger partial charge in [0.1, 0.15) is 0 Å². The van der Waals surface area contributed by atoms with Gasteiger partial charge in [-0.15, -0.1) is 0 Å². The second kappa shape index (κ2) is 5.98. The zero-order valence-corrected chi connectivity index (χ0v) is 12.6. The van der Waals surface area contributed by atoms with Crippen molar-refractivity contribution in [3.63, 3.8) is 0 Å². The number of aryl methyl sites for hydroxylation is 1. The van der Waals surface area contributed by atoms with Gasteiger partial charge in [-0.25, -0.2) is 0 Å². The van der Waals surface area contributed by atoms with Crippen LogP contribution < -0.4 is 5.32 Å². The molecule has 1 N–H and O–H groups in total. The van der Waals surface area contributed by atoms with Crippen molar-refractivity contribution in [2.75, 3.05) is 13.1 Å². The fourth-order valence-corrected chi connectivity index (χ4v) is 2.99. The quantitative estimate of drug-likeness (QED) is 0.939. The van der Waals surface area contributed by atoms with Gasteiger partial charge in [-0.2, -0.15) is 5.10 Å². The minimum atomic E-state index is 0.781. The topological polar surface area (TPSA) is 29.9 Å². The first-order valence-electron chi connectivity index (χ1n) is 7.35. The Balaban J connectivity index is 2.10. The van der Waals surface area contributed by atoms with E-state index in [1.54, 1.807) is 0 Å². The van der Waals surface area contributed by atoms with Gasteiger partial charge >= 0.3 is 0 Å². The third-order valence-electron chi connectivity index (χ3n) is 3.78. The molecule has 1 aromatic heterocycles. The standard InChI is InChI=1S/C16H20ClN3/c1-2-11-20-16(12-3-5-13(17)6-4-12)14-7-9-18-10-8-15(14)19-20/h3-6,18H,2,7-11H2,1H3. The Kier molecular flexibility index (Phi) is 4.08. The summed E-state index contributed by atoms with van der Waals surface area (Å²) in [5, 5.41) is 9.07. The van der Waals surface area contributed by atoms with Crippen LogP contribution in [0.3, 0.4) is 0 Å². The van der Waals surface area contributed by atoms with Crippen molar-refractivity contribution in [3.05, 3.63) is 40.5 Å². The molecule has 0 fully saturated rings. The van der Waals surface area contributed by atoms with E-state index in [0.29, 0.717) is 0 Å². The number of nitrogens with zero attached hydrogens (tertiary/aromatic N) is 2. The molecular formula is C16H20ClN3. The van der Waals surface area contributed by atoms with Crippen molar-refractivity contribution >= 4 is 11.6 Å². The molecule has 1 aliphatic rings. The molecule has 106 valence electrons. The Labute approximate surface area is 124 Å². The van der Waals surface area contributed by atoms with Crippen LogP contribution in [0.2, 0.25) is 5.02 Å². The monoisotopic (exact) mass is 289 g/mol. The Hall–Kier alpha value is -1.32. The average Bonchev–Trinajstić information content (AvgIpc) is 2.63. The molecule has 0 spiro atoms. The highest BCUT2D eigenvalue weighted by Crippen LogP contribution is 2.29. The van der Waals surface area contributed by atoms with E-state index >= 15 is 0 Å². The number of hydrogen-bond acceptors (Lipinski definition) is 2. The first-order valence-corrected chi connectivity index (χ1v) is 7.72. The second-order valence-electron chi connectivity index (χ2n) is 5.25. The average molecular weight is 290 g/mol. The number of benzene rings is 1. The molecule has 0 unspecified atom stereocenters. The van der Waals surface area contributed by atoms with Crippen LogP contribution in [0.1, 0.15) is 24.6 Å². The lowest BCUT2D eigenvalue weighted by molar-refractivity contribution is 0.593. The number of fused-ring (bicyclic) bond motifs is 1. The molecule has 0 aliphatic carbocycles. The third kappa shape index (κ3) is 2.60. The summed E-state index contributed by atoms with van der Waals surface area (Å²) < 4.78 is 2.18. The van der Waals surface area contributed by atoms with Crippen LogP contribution in [-0.2, 0) is 19.4 Å². The summed E-state index contributed by atoms with van der Waals surface area (Å²) >= 11 is 6.01. The van der Waals surface area contributed by atoms with Gasteiger partial charge in [-0.3, -0.25) is 4.68 Å². The number of nitrogens with one attached hydrogen (secondary N) is 1. The molecule has 0 saturated carbocycles. The Morgan fingerprint density at radius 3 is 2.70 bits per heavy atom. The normalized spacial score (nSPS) is 14.9. The van der Waals surface area contributed by atoms with E-state index in [1.807, 2.05) is 12.1 Å². The minimum Gasteiger partial charge on any atom is -0.316 e. The van der Waals surface area contributed by atoms with E-state index in [4.69, 9.17) is 16.7 Å².